The van der Waals surface area contributed by atoms with Gasteiger partial charge in [0, 0.05) is 12.6 Å². The van der Waals surface area contributed by atoms with Crippen LogP contribution in [0.25, 0.3) is 0 Å². The van der Waals surface area contributed by atoms with Crippen molar-refractivity contribution in [1.29, 1.82) is 0 Å². The third-order valence-electron chi connectivity index (χ3n) is 2.64. The summed E-state index contributed by atoms with van der Waals surface area (Å²) in [4.78, 5) is 10.7. The van der Waals surface area contributed by atoms with Crippen LogP contribution in [0.5, 0.6) is 0 Å². The second kappa shape index (κ2) is 5.51. The maximum Gasteiger partial charge on any atom is 0.333 e. The zero-order valence-electron chi connectivity index (χ0n) is 10.8. The Bertz CT molecular complexity index is 561. The van der Waals surface area contributed by atoms with E-state index < -0.39 is 4.92 Å². The standard InChI is InChI=1S/C11H15N5O3/c1-3-5-15-11(10(16(17)18)8(2)13-15)12-7-9-4-6-19-14-9/h4,6,12H,3,5,7H2,1-2H3. The van der Waals surface area contributed by atoms with Gasteiger partial charge in [0.05, 0.1) is 11.5 Å². The number of nitrogens with one attached hydrogen (secondary N) is 1. The van der Waals surface area contributed by atoms with Gasteiger partial charge in [-0.25, -0.2) is 4.68 Å². The van der Waals surface area contributed by atoms with Crippen molar-refractivity contribution in [3.63, 3.8) is 0 Å². The summed E-state index contributed by atoms with van der Waals surface area (Å²) in [6.45, 7) is 4.60. The fraction of sp³-hybridized carbons (Fsp3) is 0.455. The molecule has 8 heteroatoms. The lowest BCUT2D eigenvalue weighted by Gasteiger charge is -2.06. The van der Waals surface area contributed by atoms with E-state index in [1.165, 1.54) is 6.26 Å². The van der Waals surface area contributed by atoms with Gasteiger partial charge in [0.1, 0.15) is 17.7 Å². The summed E-state index contributed by atoms with van der Waals surface area (Å²) in [5, 5.41) is 22.0. The molecular weight excluding hydrogens is 250 g/mol. The Balaban J connectivity index is 2.27. The highest BCUT2D eigenvalue weighted by atomic mass is 16.6. The molecule has 0 radical (unpaired) electrons. The third-order valence-corrected chi connectivity index (χ3v) is 2.64. The molecule has 0 aliphatic carbocycles. The smallest absolute Gasteiger partial charge is 0.333 e. The molecule has 0 aliphatic rings. The molecule has 1 N–H and O–H groups in total. The molecule has 102 valence electrons. The highest BCUT2D eigenvalue weighted by molar-refractivity contribution is 5.59. The van der Waals surface area contributed by atoms with Crippen LogP contribution in [0.3, 0.4) is 0 Å². The van der Waals surface area contributed by atoms with Gasteiger partial charge in [-0.3, -0.25) is 10.1 Å². The van der Waals surface area contributed by atoms with Crippen LogP contribution in [-0.2, 0) is 13.1 Å². The van der Waals surface area contributed by atoms with Crippen molar-refractivity contribution in [1.82, 2.24) is 14.9 Å². The van der Waals surface area contributed by atoms with Crippen LogP contribution >= 0.6 is 0 Å². The minimum atomic E-state index is -0.417. The van der Waals surface area contributed by atoms with Gasteiger partial charge >= 0.3 is 5.69 Å². The SMILES string of the molecule is CCCn1nc(C)c([N+](=O)[O-])c1NCc1ccon1. The van der Waals surface area contributed by atoms with E-state index in [0.29, 0.717) is 30.3 Å². The Kier molecular flexibility index (Phi) is 3.79. The van der Waals surface area contributed by atoms with Crippen molar-refractivity contribution in [2.45, 2.75) is 33.4 Å². The van der Waals surface area contributed by atoms with E-state index in [0.717, 1.165) is 6.42 Å². The molecule has 0 saturated carbocycles. The second-order valence-electron chi connectivity index (χ2n) is 4.11. The van der Waals surface area contributed by atoms with Crippen LogP contribution in [0.15, 0.2) is 16.9 Å². The molecule has 0 bridgehead atoms. The summed E-state index contributed by atoms with van der Waals surface area (Å²) < 4.78 is 6.34. The number of aryl methyl sites for hydroxylation is 2. The number of rotatable bonds is 6. The molecule has 19 heavy (non-hydrogen) atoms. The lowest BCUT2D eigenvalue weighted by Crippen LogP contribution is -2.09. The van der Waals surface area contributed by atoms with Gasteiger partial charge in [-0.1, -0.05) is 12.1 Å². The Morgan fingerprint density at radius 3 is 2.95 bits per heavy atom. The molecule has 0 atom stereocenters. The fourth-order valence-electron chi connectivity index (χ4n) is 1.84. The molecular formula is C11H15N5O3. The quantitative estimate of drug-likeness (QED) is 0.634. The normalized spacial score (nSPS) is 10.6. The number of nitrogens with zero attached hydrogens (tertiary/aromatic N) is 4. The average molecular weight is 265 g/mol. The predicted octanol–water partition coefficient (Wildman–Crippen LogP) is 2.11. The molecule has 0 unspecified atom stereocenters. The van der Waals surface area contributed by atoms with Crippen LogP contribution in [0, 0.1) is 17.0 Å². The summed E-state index contributed by atoms with van der Waals surface area (Å²) in [6, 6.07) is 1.70. The molecule has 2 aromatic heterocycles. The van der Waals surface area contributed by atoms with E-state index in [-0.39, 0.29) is 5.69 Å². The summed E-state index contributed by atoms with van der Waals surface area (Å²) in [6.07, 6.45) is 2.30. The number of nitro groups is 1. The van der Waals surface area contributed by atoms with Crippen molar-refractivity contribution >= 4 is 11.5 Å². The zero-order chi connectivity index (χ0) is 13.8. The van der Waals surface area contributed by atoms with Gasteiger partial charge in [-0.05, 0) is 13.3 Å². The van der Waals surface area contributed by atoms with Gasteiger partial charge < -0.3 is 9.84 Å². The fourth-order valence-corrected chi connectivity index (χ4v) is 1.84. The van der Waals surface area contributed by atoms with E-state index in [4.69, 9.17) is 4.52 Å². The molecule has 0 fully saturated rings. The molecule has 0 aliphatic heterocycles. The van der Waals surface area contributed by atoms with Crippen molar-refractivity contribution in [3.05, 3.63) is 33.8 Å². The Labute approximate surface area is 109 Å². The highest BCUT2D eigenvalue weighted by Gasteiger charge is 2.24. The number of hydrogen-bond donors (Lipinski definition) is 1. The van der Waals surface area contributed by atoms with Crippen molar-refractivity contribution in [2.24, 2.45) is 0 Å². The lowest BCUT2D eigenvalue weighted by atomic mass is 10.3. The van der Waals surface area contributed by atoms with Crippen molar-refractivity contribution in [3.8, 4) is 0 Å². The Morgan fingerprint density at radius 1 is 1.58 bits per heavy atom. The van der Waals surface area contributed by atoms with E-state index >= 15 is 0 Å². The van der Waals surface area contributed by atoms with Gasteiger partial charge in [-0.2, -0.15) is 5.10 Å². The van der Waals surface area contributed by atoms with Gasteiger partial charge in [-0.15, -0.1) is 0 Å². The van der Waals surface area contributed by atoms with E-state index in [9.17, 15) is 10.1 Å². The lowest BCUT2D eigenvalue weighted by molar-refractivity contribution is -0.384. The summed E-state index contributed by atoms with van der Waals surface area (Å²) in [7, 11) is 0. The molecule has 0 saturated heterocycles. The average Bonchev–Trinajstić information content (AvgIpc) is 2.95. The number of aromatic nitrogens is 3. The molecule has 8 nitrogen and oxygen atoms in total. The third kappa shape index (κ3) is 2.72. The van der Waals surface area contributed by atoms with Gasteiger partial charge in [0.25, 0.3) is 0 Å². The predicted molar refractivity (Wildman–Crippen MR) is 67.7 cm³/mol. The van der Waals surface area contributed by atoms with Crippen LogP contribution in [0.2, 0.25) is 0 Å². The Morgan fingerprint density at radius 2 is 2.37 bits per heavy atom. The molecule has 0 spiro atoms. The molecule has 2 rings (SSSR count). The first-order valence-corrected chi connectivity index (χ1v) is 5.98. The monoisotopic (exact) mass is 265 g/mol. The van der Waals surface area contributed by atoms with Crippen LogP contribution in [0.4, 0.5) is 11.5 Å². The van der Waals surface area contributed by atoms with Gasteiger partial charge in [0.2, 0.25) is 5.82 Å². The maximum absolute atomic E-state index is 11.1. The Hall–Kier alpha value is -2.38. The minimum absolute atomic E-state index is 0.0111. The van der Waals surface area contributed by atoms with Crippen molar-refractivity contribution < 1.29 is 9.45 Å². The highest BCUT2D eigenvalue weighted by Crippen LogP contribution is 2.28. The first-order valence-electron chi connectivity index (χ1n) is 5.98. The van der Waals surface area contributed by atoms with Crippen LogP contribution in [-0.4, -0.2) is 19.9 Å². The molecule has 0 amide bonds. The second-order valence-corrected chi connectivity index (χ2v) is 4.11. The largest absolute Gasteiger partial charge is 0.364 e. The topological polar surface area (TPSA) is 99.0 Å². The van der Waals surface area contributed by atoms with E-state index in [1.807, 2.05) is 6.92 Å². The molecule has 2 aromatic rings. The summed E-state index contributed by atoms with van der Waals surface area (Å²) in [5.41, 5.74) is 1.09. The summed E-state index contributed by atoms with van der Waals surface area (Å²) >= 11 is 0. The van der Waals surface area contributed by atoms with Crippen LogP contribution < -0.4 is 5.32 Å². The summed E-state index contributed by atoms with van der Waals surface area (Å²) in [5.74, 6) is 0.410. The molecule has 0 aromatic carbocycles. The number of hydrogen-bond acceptors (Lipinski definition) is 6. The van der Waals surface area contributed by atoms with E-state index in [1.54, 1.807) is 17.7 Å². The zero-order valence-corrected chi connectivity index (χ0v) is 10.8. The van der Waals surface area contributed by atoms with Crippen LogP contribution in [0.1, 0.15) is 24.7 Å². The first-order chi connectivity index (χ1) is 9.13. The molecule has 2 heterocycles. The van der Waals surface area contributed by atoms with E-state index in [2.05, 4.69) is 15.6 Å². The van der Waals surface area contributed by atoms with Gasteiger partial charge in [0.15, 0.2) is 0 Å². The minimum Gasteiger partial charge on any atom is -0.364 e. The first kappa shape index (κ1) is 13.1. The maximum atomic E-state index is 11.1. The number of anilines is 1. The van der Waals surface area contributed by atoms with Crippen molar-refractivity contribution in [2.75, 3.05) is 5.32 Å².